The van der Waals surface area contributed by atoms with Crippen LogP contribution in [-0.2, 0) is 9.59 Å². The van der Waals surface area contributed by atoms with E-state index in [9.17, 15) is 9.59 Å². The van der Waals surface area contributed by atoms with Crippen molar-refractivity contribution >= 4 is 23.5 Å². The molecule has 0 unspecified atom stereocenters. The number of para-hydroxylation sites is 1. The lowest BCUT2D eigenvalue weighted by atomic mass is 10.2. The minimum atomic E-state index is 0.646. The van der Waals surface area contributed by atoms with Gasteiger partial charge in [0.2, 0.25) is 12.2 Å². The summed E-state index contributed by atoms with van der Waals surface area (Å²) in [5.41, 5.74) is 2.40. The molecular weight excluding hydrogens is 240 g/mol. The number of benzene rings is 2. The Labute approximate surface area is 111 Å². The zero-order valence-electron chi connectivity index (χ0n) is 10.4. The highest BCUT2D eigenvalue weighted by molar-refractivity contribution is 5.49. The molecule has 0 amide bonds. The van der Waals surface area contributed by atoms with E-state index in [-0.39, 0.29) is 0 Å². The summed E-state index contributed by atoms with van der Waals surface area (Å²) in [7, 11) is 0. The number of nitrogens with zero attached hydrogens (tertiary/aromatic N) is 2. The van der Waals surface area contributed by atoms with E-state index in [0.29, 0.717) is 11.4 Å². The van der Waals surface area contributed by atoms with E-state index in [0.717, 1.165) is 5.56 Å². The number of aryl methyl sites for hydroxylation is 1. The van der Waals surface area contributed by atoms with E-state index < -0.39 is 0 Å². The Bertz CT molecular complexity index is 611. The van der Waals surface area contributed by atoms with E-state index in [4.69, 9.17) is 0 Å². The lowest BCUT2D eigenvalue weighted by molar-refractivity contribution is 0.564. The average molecular weight is 252 g/mol. The Morgan fingerprint density at radius 3 is 1.95 bits per heavy atom. The smallest absolute Gasteiger partial charge is 0.211 e. The van der Waals surface area contributed by atoms with Gasteiger partial charge in [0.25, 0.3) is 0 Å². The molecule has 0 radical (unpaired) electrons. The molecule has 0 heterocycles. The number of aliphatic imine (C=N–C) groups is 2. The van der Waals surface area contributed by atoms with E-state index in [1.165, 1.54) is 12.2 Å². The number of isocyanates is 2. The van der Waals surface area contributed by atoms with E-state index in [1.807, 2.05) is 43.3 Å². The van der Waals surface area contributed by atoms with Crippen molar-refractivity contribution in [3.8, 4) is 0 Å². The molecule has 94 valence electrons. The Morgan fingerprint density at radius 2 is 1.37 bits per heavy atom. The fraction of sp³-hybridized carbons (Fsp3) is 0.0667. The maximum absolute atomic E-state index is 9.79. The van der Waals surface area contributed by atoms with Gasteiger partial charge < -0.3 is 0 Å². The lowest BCUT2D eigenvalue weighted by Crippen LogP contribution is -1.68. The molecule has 0 atom stereocenters. The summed E-state index contributed by atoms with van der Waals surface area (Å²) in [6.07, 6.45) is 2.95. The molecule has 19 heavy (non-hydrogen) atoms. The van der Waals surface area contributed by atoms with Crippen LogP contribution in [-0.4, -0.2) is 12.2 Å². The van der Waals surface area contributed by atoms with Crippen molar-refractivity contribution in [2.24, 2.45) is 9.98 Å². The van der Waals surface area contributed by atoms with Gasteiger partial charge in [-0.25, -0.2) is 9.59 Å². The van der Waals surface area contributed by atoms with Crippen molar-refractivity contribution in [3.63, 3.8) is 0 Å². The van der Waals surface area contributed by atoms with Crippen LogP contribution in [0.2, 0.25) is 0 Å². The topological polar surface area (TPSA) is 58.9 Å². The van der Waals surface area contributed by atoms with Gasteiger partial charge >= 0.3 is 0 Å². The monoisotopic (exact) mass is 252 g/mol. The third-order valence-electron chi connectivity index (χ3n) is 2.11. The van der Waals surface area contributed by atoms with Gasteiger partial charge in [0, 0.05) is 0 Å². The van der Waals surface area contributed by atoms with Crippen LogP contribution in [0, 0.1) is 6.92 Å². The van der Waals surface area contributed by atoms with Gasteiger partial charge in [-0.15, -0.1) is 0 Å². The summed E-state index contributed by atoms with van der Waals surface area (Å²) in [5, 5.41) is 0. The minimum Gasteiger partial charge on any atom is -0.211 e. The molecule has 0 bridgehead atoms. The summed E-state index contributed by atoms with van der Waals surface area (Å²) in [5.74, 6) is 0. The molecule has 0 saturated heterocycles. The minimum absolute atomic E-state index is 0.646. The predicted octanol–water partition coefficient (Wildman–Crippen LogP) is 3.62. The molecule has 0 aliphatic rings. The molecule has 4 heteroatoms. The molecule has 0 aliphatic carbocycles. The molecular formula is C15H12N2O2. The Balaban J connectivity index is 0.000000191. The first kappa shape index (κ1) is 14.3. The molecule has 2 rings (SSSR count). The molecule has 4 nitrogen and oxygen atoms in total. The second-order valence-electron chi connectivity index (χ2n) is 3.58. The van der Waals surface area contributed by atoms with Crippen LogP contribution >= 0.6 is 0 Å². The van der Waals surface area contributed by atoms with Crippen LogP contribution in [0.1, 0.15) is 5.56 Å². The molecule has 0 fully saturated rings. The molecule has 2 aromatic rings. The number of hydrogen-bond acceptors (Lipinski definition) is 4. The van der Waals surface area contributed by atoms with Crippen molar-refractivity contribution in [1.29, 1.82) is 0 Å². The Morgan fingerprint density at radius 1 is 0.789 bits per heavy atom. The predicted molar refractivity (Wildman–Crippen MR) is 73.2 cm³/mol. The first-order chi connectivity index (χ1) is 9.26. The van der Waals surface area contributed by atoms with Gasteiger partial charge in [0.05, 0.1) is 11.4 Å². The van der Waals surface area contributed by atoms with Crippen LogP contribution in [0.3, 0.4) is 0 Å². The molecule has 0 saturated carbocycles. The summed E-state index contributed by atoms with van der Waals surface area (Å²) in [6.45, 7) is 1.95. The van der Waals surface area contributed by atoms with Crippen molar-refractivity contribution in [3.05, 3.63) is 60.2 Å². The van der Waals surface area contributed by atoms with Crippen LogP contribution in [0.15, 0.2) is 64.6 Å². The van der Waals surface area contributed by atoms with Crippen LogP contribution in [0.5, 0.6) is 0 Å². The second-order valence-corrected chi connectivity index (χ2v) is 3.58. The van der Waals surface area contributed by atoms with Gasteiger partial charge in [0.15, 0.2) is 0 Å². The SMILES string of the molecule is Cc1cccc(N=C=O)c1.O=C=Nc1ccccc1. The molecule has 0 N–H and O–H groups in total. The van der Waals surface area contributed by atoms with Crippen LogP contribution < -0.4 is 0 Å². The van der Waals surface area contributed by atoms with Gasteiger partial charge in [-0.1, -0.05) is 30.3 Å². The van der Waals surface area contributed by atoms with Gasteiger partial charge in [-0.2, -0.15) is 9.98 Å². The first-order valence-electron chi connectivity index (χ1n) is 5.53. The average Bonchev–Trinajstić information content (AvgIpc) is 2.41. The summed E-state index contributed by atoms with van der Waals surface area (Å²) in [6, 6.07) is 16.4. The Hall–Kier alpha value is -2.80. The number of rotatable bonds is 2. The van der Waals surface area contributed by atoms with Crippen molar-refractivity contribution in [2.75, 3.05) is 0 Å². The third-order valence-corrected chi connectivity index (χ3v) is 2.11. The number of hydrogen-bond donors (Lipinski definition) is 0. The quantitative estimate of drug-likeness (QED) is 0.605. The standard InChI is InChI=1S/C8H7NO.C7H5NO/c1-7-3-2-4-8(5-7)9-6-10;9-6-8-7-4-2-1-3-5-7/h2-5H,1H3;1-5H. The molecule has 2 aromatic carbocycles. The summed E-state index contributed by atoms with van der Waals surface area (Å²) in [4.78, 5) is 26.3. The van der Waals surface area contributed by atoms with E-state index in [2.05, 4.69) is 9.98 Å². The number of carbonyl (C=O) groups excluding carboxylic acids is 2. The highest BCUT2D eigenvalue weighted by Crippen LogP contribution is 2.11. The molecule has 0 aliphatic heterocycles. The van der Waals surface area contributed by atoms with Crippen LogP contribution in [0.4, 0.5) is 11.4 Å². The second kappa shape index (κ2) is 8.31. The van der Waals surface area contributed by atoms with Gasteiger partial charge in [-0.05, 0) is 36.8 Å². The molecule has 0 aromatic heterocycles. The fourth-order valence-corrected chi connectivity index (χ4v) is 1.31. The molecule has 0 spiro atoms. The third kappa shape index (κ3) is 5.89. The maximum Gasteiger partial charge on any atom is 0.240 e. The normalized spacial score (nSPS) is 8.26. The summed E-state index contributed by atoms with van der Waals surface area (Å²) >= 11 is 0. The van der Waals surface area contributed by atoms with Crippen LogP contribution in [0.25, 0.3) is 0 Å². The summed E-state index contributed by atoms with van der Waals surface area (Å²) < 4.78 is 0. The van der Waals surface area contributed by atoms with Crippen molar-refractivity contribution in [1.82, 2.24) is 0 Å². The highest BCUT2D eigenvalue weighted by Gasteiger charge is 1.86. The van der Waals surface area contributed by atoms with Gasteiger partial charge in [0.1, 0.15) is 0 Å². The maximum atomic E-state index is 9.79. The zero-order chi connectivity index (χ0) is 13.9. The van der Waals surface area contributed by atoms with E-state index in [1.54, 1.807) is 18.2 Å². The van der Waals surface area contributed by atoms with Gasteiger partial charge in [-0.3, -0.25) is 0 Å². The highest BCUT2D eigenvalue weighted by atomic mass is 16.1. The first-order valence-corrected chi connectivity index (χ1v) is 5.53. The van der Waals surface area contributed by atoms with Crippen molar-refractivity contribution < 1.29 is 9.59 Å². The fourth-order valence-electron chi connectivity index (χ4n) is 1.31. The largest absolute Gasteiger partial charge is 0.240 e. The zero-order valence-corrected chi connectivity index (χ0v) is 10.4. The van der Waals surface area contributed by atoms with Crippen molar-refractivity contribution in [2.45, 2.75) is 6.92 Å². The van der Waals surface area contributed by atoms with E-state index >= 15 is 0 Å². The Kier molecular flexibility index (Phi) is 6.24. The lowest BCUT2D eigenvalue weighted by Gasteiger charge is -1.90.